The van der Waals surface area contributed by atoms with Crippen LogP contribution < -0.4 is 10.6 Å². The fourth-order valence-electron chi connectivity index (χ4n) is 1.55. The predicted molar refractivity (Wildman–Crippen MR) is 85.9 cm³/mol. The Balaban J connectivity index is 2.28. The van der Waals surface area contributed by atoms with Crippen molar-refractivity contribution in [1.29, 1.82) is 0 Å². The third kappa shape index (κ3) is 3.42. The van der Waals surface area contributed by atoms with Crippen LogP contribution in [0.1, 0.15) is 10.5 Å². The molecule has 104 valence electrons. The minimum absolute atomic E-state index is 0.270. The second-order valence-electron chi connectivity index (χ2n) is 3.88. The maximum Gasteiger partial charge on any atom is 0.274 e. The number of pyridine rings is 1. The van der Waals surface area contributed by atoms with Crippen molar-refractivity contribution in [2.45, 2.75) is 0 Å². The Bertz CT molecular complexity index is 641. The molecule has 0 saturated carbocycles. The lowest BCUT2D eigenvalue weighted by molar-refractivity contribution is 0.102. The zero-order valence-electron chi connectivity index (χ0n) is 10.4. The quantitative estimate of drug-likeness (QED) is 0.834. The zero-order valence-corrected chi connectivity index (χ0v) is 13.5. The Morgan fingerprint density at radius 3 is 2.50 bits per heavy atom. The Morgan fingerprint density at radius 1 is 1.25 bits per heavy atom. The summed E-state index contributed by atoms with van der Waals surface area (Å²) in [5.74, 6) is -0.381. The smallest absolute Gasteiger partial charge is 0.274 e. The largest absolute Gasteiger partial charge is 0.388 e. The van der Waals surface area contributed by atoms with Crippen LogP contribution in [0, 0.1) is 0 Å². The summed E-state index contributed by atoms with van der Waals surface area (Å²) in [5.41, 5.74) is 1.42. The first-order valence-electron chi connectivity index (χ1n) is 5.61. The first-order valence-corrected chi connectivity index (χ1v) is 7.16. The maximum atomic E-state index is 12.1. The monoisotopic (exact) mass is 373 g/mol. The van der Waals surface area contributed by atoms with E-state index in [4.69, 9.17) is 23.2 Å². The van der Waals surface area contributed by atoms with Crippen LogP contribution in [0.2, 0.25) is 10.0 Å². The van der Waals surface area contributed by atoms with Gasteiger partial charge in [-0.2, -0.15) is 0 Å². The lowest BCUT2D eigenvalue weighted by Gasteiger charge is -2.10. The maximum absolute atomic E-state index is 12.1. The van der Waals surface area contributed by atoms with Gasteiger partial charge in [0.1, 0.15) is 5.69 Å². The predicted octanol–water partition coefficient (Wildman–Crippen LogP) is 4.44. The number of benzene rings is 1. The SMILES string of the molecule is CNc1ccnc(C(=O)Nc2c(Cl)cc(Br)cc2Cl)c1. The summed E-state index contributed by atoms with van der Waals surface area (Å²) in [6.45, 7) is 0. The van der Waals surface area contributed by atoms with E-state index in [1.165, 1.54) is 0 Å². The van der Waals surface area contributed by atoms with Crippen molar-refractivity contribution in [1.82, 2.24) is 4.98 Å². The average molecular weight is 375 g/mol. The van der Waals surface area contributed by atoms with Crippen LogP contribution in [0.4, 0.5) is 11.4 Å². The van der Waals surface area contributed by atoms with Gasteiger partial charge in [0.15, 0.2) is 0 Å². The number of aromatic nitrogens is 1. The van der Waals surface area contributed by atoms with E-state index in [9.17, 15) is 4.79 Å². The molecule has 0 aliphatic heterocycles. The Morgan fingerprint density at radius 2 is 1.90 bits per heavy atom. The van der Waals surface area contributed by atoms with E-state index in [0.29, 0.717) is 15.7 Å². The van der Waals surface area contributed by atoms with Crippen LogP contribution in [0.15, 0.2) is 34.9 Å². The minimum Gasteiger partial charge on any atom is -0.388 e. The number of amides is 1. The number of nitrogens with zero attached hydrogens (tertiary/aromatic N) is 1. The molecule has 1 heterocycles. The van der Waals surface area contributed by atoms with Gasteiger partial charge in [0.2, 0.25) is 0 Å². The average Bonchev–Trinajstić information content (AvgIpc) is 2.42. The molecule has 0 unspecified atom stereocenters. The summed E-state index contributed by atoms with van der Waals surface area (Å²) in [5, 5.41) is 6.30. The van der Waals surface area contributed by atoms with Crippen molar-refractivity contribution in [3.63, 3.8) is 0 Å². The summed E-state index contributed by atoms with van der Waals surface area (Å²) >= 11 is 15.4. The lowest BCUT2D eigenvalue weighted by atomic mass is 10.2. The number of anilines is 2. The fourth-order valence-corrected chi connectivity index (χ4v) is 2.85. The second kappa shape index (κ2) is 6.43. The number of hydrogen-bond acceptors (Lipinski definition) is 3. The van der Waals surface area contributed by atoms with Gasteiger partial charge in [0.25, 0.3) is 5.91 Å². The van der Waals surface area contributed by atoms with Gasteiger partial charge in [-0.25, -0.2) is 0 Å². The number of halogens is 3. The molecule has 7 heteroatoms. The van der Waals surface area contributed by atoms with Crippen molar-refractivity contribution < 1.29 is 4.79 Å². The molecule has 0 saturated heterocycles. The van der Waals surface area contributed by atoms with E-state index in [-0.39, 0.29) is 11.6 Å². The highest BCUT2D eigenvalue weighted by Crippen LogP contribution is 2.34. The van der Waals surface area contributed by atoms with Crippen LogP contribution >= 0.6 is 39.1 Å². The topological polar surface area (TPSA) is 54.0 Å². The summed E-state index contributed by atoms with van der Waals surface area (Å²) in [4.78, 5) is 16.2. The molecule has 0 aliphatic rings. The van der Waals surface area contributed by atoms with Gasteiger partial charge in [0, 0.05) is 23.4 Å². The van der Waals surface area contributed by atoms with Crippen LogP contribution in [-0.4, -0.2) is 17.9 Å². The van der Waals surface area contributed by atoms with Crippen LogP contribution in [-0.2, 0) is 0 Å². The fraction of sp³-hybridized carbons (Fsp3) is 0.0769. The van der Waals surface area contributed by atoms with Crippen molar-refractivity contribution in [2.24, 2.45) is 0 Å². The first kappa shape index (κ1) is 15.1. The molecule has 1 aromatic carbocycles. The molecular weight excluding hydrogens is 365 g/mol. The van der Waals surface area contributed by atoms with Crippen LogP contribution in [0.25, 0.3) is 0 Å². The highest BCUT2D eigenvalue weighted by molar-refractivity contribution is 9.10. The van der Waals surface area contributed by atoms with E-state index in [2.05, 4.69) is 31.5 Å². The number of rotatable bonds is 3. The molecule has 0 aliphatic carbocycles. The first-order chi connectivity index (χ1) is 9.51. The molecule has 20 heavy (non-hydrogen) atoms. The minimum atomic E-state index is -0.381. The zero-order chi connectivity index (χ0) is 14.7. The van der Waals surface area contributed by atoms with Gasteiger partial charge < -0.3 is 10.6 Å². The molecule has 2 aromatic rings. The number of carbonyl (C=O) groups is 1. The molecule has 2 rings (SSSR count). The molecule has 4 nitrogen and oxygen atoms in total. The number of carbonyl (C=O) groups excluding carboxylic acids is 1. The third-order valence-electron chi connectivity index (χ3n) is 2.53. The number of nitrogens with one attached hydrogen (secondary N) is 2. The molecule has 0 radical (unpaired) electrons. The van der Waals surface area contributed by atoms with Gasteiger partial charge in [-0.3, -0.25) is 9.78 Å². The molecule has 1 aromatic heterocycles. The number of hydrogen-bond donors (Lipinski definition) is 2. The van der Waals surface area contributed by atoms with Gasteiger partial charge >= 0.3 is 0 Å². The van der Waals surface area contributed by atoms with Crippen molar-refractivity contribution in [3.05, 3.63) is 50.7 Å². The van der Waals surface area contributed by atoms with Crippen LogP contribution in [0.3, 0.4) is 0 Å². The van der Waals surface area contributed by atoms with E-state index in [0.717, 1.165) is 10.2 Å². The Kier molecular flexibility index (Phi) is 4.86. The lowest BCUT2D eigenvalue weighted by Crippen LogP contribution is -2.14. The van der Waals surface area contributed by atoms with Gasteiger partial charge in [-0.05, 0) is 24.3 Å². The van der Waals surface area contributed by atoms with E-state index in [1.807, 2.05) is 0 Å². The molecular formula is C13H10BrCl2N3O. The Labute approximate surface area is 134 Å². The Hall–Kier alpha value is -1.30. The highest BCUT2D eigenvalue weighted by Gasteiger charge is 2.13. The van der Waals surface area contributed by atoms with Crippen molar-refractivity contribution in [3.8, 4) is 0 Å². The molecule has 1 amide bonds. The van der Waals surface area contributed by atoms with Crippen molar-refractivity contribution in [2.75, 3.05) is 17.7 Å². The highest BCUT2D eigenvalue weighted by atomic mass is 79.9. The van der Waals surface area contributed by atoms with Gasteiger partial charge in [-0.15, -0.1) is 0 Å². The molecule has 2 N–H and O–H groups in total. The molecule has 0 bridgehead atoms. The van der Waals surface area contributed by atoms with Crippen LogP contribution in [0.5, 0.6) is 0 Å². The second-order valence-corrected chi connectivity index (χ2v) is 5.61. The molecule has 0 spiro atoms. The molecule has 0 atom stereocenters. The third-order valence-corrected chi connectivity index (χ3v) is 3.58. The molecule has 0 fully saturated rings. The van der Waals surface area contributed by atoms with Gasteiger partial charge in [0.05, 0.1) is 15.7 Å². The van der Waals surface area contributed by atoms with E-state index >= 15 is 0 Å². The standard InChI is InChI=1S/C13H10BrCl2N3O/c1-17-8-2-3-18-11(6-8)13(20)19-12-9(15)4-7(14)5-10(12)16/h2-6H,1H3,(H,17,18)(H,19,20). The summed E-state index contributed by atoms with van der Waals surface area (Å²) in [7, 11) is 1.76. The van der Waals surface area contributed by atoms with E-state index in [1.54, 1.807) is 37.5 Å². The van der Waals surface area contributed by atoms with Gasteiger partial charge in [-0.1, -0.05) is 39.1 Å². The summed E-state index contributed by atoms with van der Waals surface area (Å²) < 4.78 is 0.737. The van der Waals surface area contributed by atoms with Crippen molar-refractivity contribution >= 4 is 56.4 Å². The van der Waals surface area contributed by atoms with E-state index < -0.39 is 0 Å². The summed E-state index contributed by atoms with van der Waals surface area (Å²) in [6, 6.07) is 6.70. The summed E-state index contributed by atoms with van der Waals surface area (Å²) in [6.07, 6.45) is 1.55. The normalized spacial score (nSPS) is 10.2.